The first-order valence-electron chi connectivity index (χ1n) is 7.92. The van der Waals surface area contributed by atoms with Gasteiger partial charge in [0.1, 0.15) is 5.82 Å². The standard InChI is InChI=1S/C19H20ClN5/c1-13-4-5-15(12-17(13)20)23-19-21-11-10-18(24-19)22-14-6-8-16(9-7-14)25(2)3/h4-12H,1-3H3,(H2,21,22,23,24). The maximum atomic E-state index is 6.16. The van der Waals surface area contributed by atoms with E-state index in [2.05, 4.69) is 37.6 Å². The molecule has 3 rings (SSSR count). The highest BCUT2D eigenvalue weighted by atomic mass is 35.5. The summed E-state index contributed by atoms with van der Waals surface area (Å²) in [7, 11) is 4.03. The lowest BCUT2D eigenvalue weighted by Gasteiger charge is -2.13. The van der Waals surface area contributed by atoms with Gasteiger partial charge in [-0.1, -0.05) is 17.7 Å². The molecular formula is C19H20ClN5. The second-order valence-electron chi connectivity index (χ2n) is 5.92. The minimum atomic E-state index is 0.509. The summed E-state index contributed by atoms with van der Waals surface area (Å²) in [6.07, 6.45) is 1.71. The molecule has 3 aromatic rings. The van der Waals surface area contributed by atoms with Crippen LogP contribution in [0.1, 0.15) is 5.56 Å². The number of nitrogens with zero attached hydrogens (tertiary/aromatic N) is 3. The Morgan fingerprint density at radius 3 is 2.32 bits per heavy atom. The molecule has 1 heterocycles. The lowest BCUT2D eigenvalue weighted by molar-refractivity contribution is 1.13. The fraction of sp³-hybridized carbons (Fsp3) is 0.158. The van der Waals surface area contributed by atoms with Gasteiger partial charge in [-0.2, -0.15) is 4.98 Å². The van der Waals surface area contributed by atoms with Crippen LogP contribution in [-0.2, 0) is 0 Å². The number of benzene rings is 2. The smallest absolute Gasteiger partial charge is 0.229 e. The lowest BCUT2D eigenvalue weighted by atomic mass is 10.2. The summed E-state index contributed by atoms with van der Waals surface area (Å²) in [6, 6.07) is 15.7. The molecule has 0 unspecified atom stereocenters. The minimum Gasteiger partial charge on any atom is -0.378 e. The molecule has 5 nitrogen and oxygen atoms in total. The van der Waals surface area contributed by atoms with Crippen LogP contribution < -0.4 is 15.5 Å². The molecule has 0 aliphatic heterocycles. The van der Waals surface area contributed by atoms with Crippen LogP contribution in [0.3, 0.4) is 0 Å². The topological polar surface area (TPSA) is 53.1 Å². The predicted molar refractivity (Wildman–Crippen MR) is 106 cm³/mol. The Hall–Kier alpha value is -2.79. The quantitative estimate of drug-likeness (QED) is 0.676. The maximum Gasteiger partial charge on any atom is 0.229 e. The van der Waals surface area contributed by atoms with Crippen molar-refractivity contribution < 1.29 is 0 Å². The van der Waals surface area contributed by atoms with E-state index in [0.717, 1.165) is 22.6 Å². The van der Waals surface area contributed by atoms with Crippen LogP contribution in [0.15, 0.2) is 54.7 Å². The van der Waals surface area contributed by atoms with Crippen molar-refractivity contribution in [2.75, 3.05) is 29.6 Å². The van der Waals surface area contributed by atoms with Gasteiger partial charge in [-0.15, -0.1) is 0 Å². The third kappa shape index (κ3) is 4.39. The van der Waals surface area contributed by atoms with Crippen molar-refractivity contribution >= 4 is 40.4 Å². The first kappa shape index (κ1) is 17.0. The van der Waals surface area contributed by atoms with Crippen molar-refractivity contribution in [2.45, 2.75) is 6.92 Å². The number of hydrogen-bond donors (Lipinski definition) is 2. The number of aryl methyl sites for hydroxylation is 1. The van der Waals surface area contributed by atoms with Gasteiger partial charge in [0.15, 0.2) is 0 Å². The van der Waals surface area contributed by atoms with Gasteiger partial charge in [-0.3, -0.25) is 0 Å². The summed E-state index contributed by atoms with van der Waals surface area (Å²) >= 11 is 6.16. The van der Waals surface area contributed by atoms with Crippen molar-refractivity contribution in [1.29, 1.82) is 0 Å². The van der Waals surface area contributed by atoms with Gasteiger partial charge in [0.05, 0.1) is 0 Å². The van der Waals surface area contributed by atoms with Crippen molar-refractivity contribution in [1.82, 2.24) is 9.97 Å². The molecule has 0 amide bonds. The Balaban J connectivity index is 1.73. The first-order valence-corrected chi connectivity index (χ1v) is 8.30. The van der Waals surface area contributed by atoms with Crippen molar-refractivity contribution in [2.24, 2.45) is 0 Å². The zero-order chi connectivity index (χ0) is 17.8. The molecule has 0 spiro atoms. The molecule has 0 atom stereocenters. The van der Waals surface area contributed by atoms with Crippen LogP contribution in [0.5, 0.6) is 0 Å². The fourth-order valence-corrected chi connectivity index (χ4v) is 2.46. The van der Waals surface area contributed by atoms with Gasteiger partial charge in [0.2, 0.25) is 5.95 Å². The van der Waals surface area contributed by atoms with Crippen LogP contribution in [0.25, 0.3) is 0 Å². The number of nitrogens with one attached hydrogen (secondary N) is 2. The Kier molecular flexibility index (Phi) is 5.05. The van der Waals surface area contributed by atoms with Gasteiger partial charge in [0.25, 0.3) is 0 Å². The van der Waals surface area contributed by atoms with Crippen molar-refractivity contribution in [3.8, 4) is 0 Å². The molecule has 0 saturated carbocycles. The van der Waals surface area contributed by atoms with E-state index in [1.54, 1.807) is 6.20 Å². The van der Waals surface area contributed by atoms with E-state index in [4.69, 9.17) is 11.6 Å². The minimum absolute atomic E-state index is 0.509. The average molecular weight is 354 g/mol. The number of rotatable bonds is 5. The number of anilines is 5. The van der Waals surface area contributed by atoms with Crippen LogP contribution in [0.4, 0.5) is 28.8 Å². The molecule has 2 N–H and O–H groups in total. The molecule has 0 saturated heterocycles. The molecule has 6 heteroatoms. The Labute approximate surface area is 152 Å². The monoisotopic (exact) mass is 353 g/mol. The molecule has 128 valence electrons. The van der Waals surface area contributed by atoms with Gasteiger partial charge in [-0.05, 0) is 55.0 Å². The van der Waals surface area contributed by atoms with Gasteiger partial charge >= 0.3 is 0 Å². The molecule has 25 heavy (non-hydrogen) atoms. The highest BCUT2D eigenvalue weighted by Gasteiger charge is 2.03. The zero-order valence-corrected chi connectivity index (χ0v) is 15.2. The molecule has 2 aromatic carbocycles. The van der Waals surface area contributed by atoms with Crippen LogP contribution in [0.2, 0.25) is 5.02 Å². The van der Waals surface area contributed by atoms with E-state index in [0.29, 0.717) is 16.8 Å². The molecule has 0 radical (unpaired) electrons. The molecule has 0 aliphatic carbocycles. The summed E-state index contributed by atoms with van der Waals surface area (Å²) in [5.41, 5.74) is 3.99. The zero-order valence-electron chi connectivity index (χ0n) is 14.4. The molecule has 0 bridgehead atoms. The van der Waals surface area contributed by atoms with Gasteiger partial charge in [-0.25, -0.2) is 4.98 Å². The Morgan fingerprint density at radius 2 is 1.64 bits per heavy atom. The van der Waals surface area contributed by atoms with Crippen LogP contribution in [0, 0.1) is 6.92 Å². The highest BCUT2D eigenvalue weighted by molar-refractivity contribution is 6.31. The normalized spacial score (nSPS) is 10.4. The molecule has 0 fully saturated rings. The molecular weight excluding hydrogens is 334 g/mol. The first-order chi connectivity index (χ1) is 12.0. The summed E-state index contributed by atoms with van der Waals surface area (Å²) < 4.78 is 0. The van der Waals surface area contributed by atoms with Crippen LogP contribution >= 0.6 is 11.6 Å². The molecule has 1 aromatic heterocycles. The van der Waals surface area contributed by atoms with Gasteiger partial charge in [0, 0.05) is 42.4 Å². The van der Waals surface area contributed by atoms with E-state index in [9.17, 15) is 0 Å². The highest BCUT2D eigenvalue weighted by Crippen LogP contribution is 2.23. The summed E-state index contributed by atoms with van der Waals surface area (Å²) in [5, 5.41) is 7.16. The van der Waals surface area contributed by atoms with Crippen molar-refractivity contribution in [3.05, 3.63) is 65.3 Å². The summed E-state index contributed by atoms with van der Waals surface area (Å²) in [4.78, 5) is 10.8. The maximum absolute atomic E-state index is 6.16. The average Bonchev–Trinajstić information content (AvgIpc) is 2.59. The molecule has 0 aliphatic rings. The SMILES string of the molecule is Cc1ccc(Nc2nccc(Nc3ccc(N(C)C)cc3)n2)cc1Cl. The number of halogens is 1. The fourth-order valence-electron chi connectivity index (χ4n) is 2.28. The van der Waals surface area contributed by atoms with E-state index in [1.165, 1.54) is 0 Å². The third-order valence-electron chi connectivity index (χ3n) is 3.74. The lowest BCUT2D eigenvalue weighted by Crippen LogP contribution is -2.08. The van der Waals surface area contributed by atoms with E-state index >= 15 is 0 Å². The van der Waals surface area contributed by atoms with Crippen LogP contribution in [-0.4, -0.2) is 24.1 Å². The third-order valence-corrected chi connectivity index (χ3v) is 4.15. The second-order valence-corrected chi connectivity index (χ2v) is 6.33. The van der Waals surface area contributed by atoms with Crippen molar-refractivity contribution in [3.63, 3.8) is 0 Å². The van der Waals surface area contributed by atoms with E-state index in [-0.39, 0.29) is 0 Å². The predicted octanol–water partition coefficient (Wildman–Crippen LogP) is 4.99. The summed E-state index contributed by atoms with van der Waals surface area (Å²) in [6.45, 7) is 1.97. The van der Waals surface area contributed by atoms with Gasteiger partial charge < -0.3 is 15.5 Å². The summed E-state index contributed by atoms with van der Waals surface area (Å²) in [5.74, 6) is 1.23. The Morgan fingerprint density at radius 1 is 0.920 bits per heavy atom. The second kappa shape index (κ2) is 7.40. The number of hydrogen-bond acceptors (Lipinski definition) is 5. The van der Waals surface area contributed by atoms with E-state index in [1.807, 2.05) is 57.4 Å². The number of aromatic nitrogens is 2. The van der Waals surface area contributed by atoms with E-state index < -0.39 is 0 Å². The Bertz CT molecular complexity index is 862. The largest absolute Gasteiger partial charge is 0.378 e.